The molecule has 1 heteroatoms. The summed E-state index contributed by atoms with van der Waals surface area (Å²) < 4.78 is 0. The van der Waals surface area contributed by atoms with E-state index in [0.29, 0.717) is 0 Å². The zero-order valence-electron chi connectivity index (χ0n) is 38.4. The van der Waals surface area contributed by atoms with Crippen LogP contribution in [-0.2, 0) is 10.8 Å². The predicted octanol–water partition coefficient (Wildman–Crippen LogP) is 17.0. The molecule has 4 aliphatic carbocycles. The molecule has 0 bridgehead atoms. The number of rotatable bonds is 8. The topological polar surface area (TPSA) is 3.24 Å². The molecule has 1 atom stereocenters. The average Bonchev–Trinajstić information content (AvgIpc) is 3.57. The molecule has 320 valence electrons. The first-order valence-corrected chi connectivity index (χ1v) is 23.3. The van der Waals surface area contributed by atoms with Crippen molar-refractivity contribution in [2.24, 2.45) is 0 Å². The number of aryl methyl sites for hydroxylation is 1. The van der Waals surface area contributed by atoms with Gasteiger partial charge in [-0.1, -0.05) is 184 Å². The van der Waals surface area contributed by atoms with Crippen molar-refractivity contribution in [3.8, 4) is 35.1 Å². The van der Waals surface area contributed by atoms with E-state index in [1.807, 2.05) is 0 Å². The third-order valence-corrected chi connectivity index (χ3v) is 14.3. The molecule has 0 amide bonds. The summed E-state index contributed by atoms with van der Waals surface area (Å²) in [6.07, 6.45) is 29.9. The normalized spacial score (nSPS) is 17.4. The van der Waals surface area contributed by atoms with Crippen LogP contribution >= 0.6 is 0 Å². The van der Waals surface area contributed by atoms with E-state index in [1.54, 1.807) is 0 Å². The van der Waals surface area contributed by atoms with Gasteiger partial charge in [-0.25, -0.2) is 0 Å². The Morgan fingerprint density at radius 1 is 0.606 bits per heavy atom. The lowest BCUT2D eigenvalue weighted by Crippen LogP contribution is -2.29. The fourth-order valence-corrected chi connectivity index (χ4v) is 11.3. The monoisotopic (exact) mass is 849 g/mol. The minimum atomic E-state index is -0.474. The smallest absolute Gasteiger partial charge is 0.0711 e. The quantitative estimate of drug-likeness (QED) is 0.138. The van der Waals surface area contributed by atoms with Gasteiger partial charge in [-0.3, -0.25) is 0 Å². The van der Waals surface area contributed by atoms with E-state index in [4.69, 9.17) is 0 Å². The van der Waals surface area contributed by atoms with E-state index in [9.17, 15) is 0 Å². The second-order valence-corrected chi connectivity index (χ2v) is 18.2. The summed E-state index contributed by atoms with van der Waals surface area (Å²) in [5.41, 5.74) is 23.6. The maximum atomic E-state index is 4.00. The highest BCUT2D eigenvalue weighted by Crippen LogP contribution is 2.61. The molecular formula is C65H55N. The lowest BCUT2D eigenvalue weighted by molar-refractivity contribution is 0.660. The molecular weight excluding hydrogens is 795 g/mol. The minimum Gasteiger partial charge on any atom is -0.310 e. The van der Waals surface area contributed by atoms with Crippen LogP contribution in [0.1, 0.15) is 84.5 Å². The number of para-hydroxylation sites is 1. The number of allylic oxidation sites excluding steroid dienone is 11. The summed E-state index contributed by atoms with van der Waals surface area (Å²) in [5, 5.41) is 0. The Labute approximate surface area is 392 Å². The summed E-state index contributed by atoms with van der Waals surface area (Å²) in [6.45, 7) is 9.21. The second-order valence-electron chi connectivity index (χ2n) is 18.2. The summed E-state index contributed by atoms with van der Waals surface area (Å²) in [4.78, 5) is 2.53. The molecule has 0 aromatic heterocycles. The molecule has 0 aliphatic heterocycles. The van der Waals surface area contributed by atoms with Crippen LogP contribution in [0, 0.1) is 19.8 Å². The molecule has 0 saturated carbocycles. The Morgan fingerprint density at radius 3 is 2.05 bits per heavy atom. The van der Waals surface area contributed by atoms with Crippen LogP contribution in [0.25, 0.3) is 33.4 Å². The van der Waals surface area contributed by atoms with E-state index in [2.05, 4.69) is 258 Å². The highest BCUT2D eigenvalue weighted by atomic mass is 15.1. The first kappa shape index (κ1) is 42.3. The fourth-order valence-electron chi connectivity index (χ4n) is 11.3. The second kappa shape index (κ2) is 17.4. The van der Waals surface area contributed by atoms with Crippen molar-refractivity contribution < 1.29 is 0 Å². The van der Waals surface area contributed by atoms with Gasteiger partial charge >= 0.3 is 0 Å². The van der Waals surface area contributed by atoms with Crippen molar-refractivity contribution in [1.82, 2.24) is 0 Å². The van der Waals surface area contributed by atoms with E-state index in [1.165, 1.54) is 94.7 Å². The SMILES string of the molecule is C#C.C/C=C(/c1ccc2c(c1)C(C)(C)c1cc(N(c3ccccc3)c3ccc4c(c3)C(C3=CC=CCC=C3)(c3ccccc3)C3=CCCC=C34)c(-c3ccccc3)cc1-2)c1ccccc1C. The third-order valence-electron chi connectivity index (χ3n) is 14.3. The molecule has 66 heavy (non-hydrogen) atoms. The van der Waals surface area contributed by atoms with Gasteiger partial charge in [0.15, 0.2) is 0 Å². The zero-order chi connectivity index (χ0) is 45.4. The Balaban J connectivity index is 0.00000252. The first-order valence-electron chi connectivity index (χ1n) is 23.3. The van der Waals surface area contributed by atoms with Crippen LogP contribution < -0.4 is 4.90 Å². The Kier molecular flexibility index (Phi) is 11.1. The molecule has 4 aliphatic rings. The van der Waals surface area contributed by atoms with Gasteiger partial charge in [0.1, 0.15) is 0 Å². The highest BCUT2D eigenvalue weighted by molar-refractivity contribution is 5.99. The van der Waals surface area contributed by atoms with Gasteiger partial charge in [-0.15, -0.1) is 12.8 Å². The molecule has 0 heterocycles. The molecule has 1 nitrogen and oxygen atoms in total. The number of hydrogen-bond donors (Lipinski definition) is 0. The lowest BCUT2D eigenvalue weighted by Gasteiger charge is -2.36. The van der Waals surface area contributed by atoms with Crippen molar-refractivity contribution in [2.75, 3.05) is 4.90 Å². The van der Waals surface area contributed by atoms with E-state index in [-0.39, 0.29) is 5.41 Å². The van der Waals surface area contributed by atoms with Crippen molar-refractivity contribution in [3.05, 3.63) is 268 Å². The molecule has 0 saturated heterocycles. The number of anilines is 3. The number of benzene rings is 7. The zero-order valence-corrected chi connectivity index (χ0v) is 38.4. The molecule has 0 radical (unpaired) electrons. The van der Waals surface area contributed by atoms with Gasteiger partial charge in [0.2, 0.25) is 0 Å². The Hall–Kier alpha value is -7.66. The number of nitrogens with zero attached hydrogens (tertiary/aromatic N) is 1. The van der Waals surface area contributed by atoms with Crippen molar-refractivity contribution in [3.63, 3.8) is 0 Å². The number of hydrogen-bond acceptors (Lipinski definition) is 1. The molecule has 11 rings (SSSR count). The van der Waals surface area contributed by atoms with Crippen LogP contribution in [0.2, 0.25) is 0 Å². The summed E-state index contributed by atoms with van der Waals surface area (Å²) in [5.74, 6) is 0. The average molecular weight is 850 g/mol. The number of fused-ring (bicyclic) bond motifs is 6. The van der Waals surface area contributed by atoms with Crippen molar-refractivity contribution in [2.45, 2.75) is 57.8 Å². The Morgan fingerprint density at radius 2 is 1.29 bits per heavy atom. The molecule has 7 aromatic carbocycles. The largest absolute Gasteiger partial charge is 0.310 e. The van der Waals surface area contributed by atoms with E-state index in [0.717, 1.165) is 30.6 Å². The predicted molar refractivity (Wildman–Crippen MR) is 281 cm³/mol. The van der Waals surface area contributed by atoms with Gasteiger partial charge < -0.3 is 4.90 Å². The maximum Gasteiger partial charge on any atom is 0.0711 e. The van der Waals surface area contributed by atoms with E-state index < -0.39 is 5.41 Å². The van der Waals surface area contributed by atoms with Crippen LogP contribution in [-0.4, -0.2) is 0 Å². The van der Waals surface area contributed by atoms with Crippen molar-refractivity contribution in [1.29, 1.82) is 0 Å². The van der Waals surface area contributed by atoms with Gasteiger partial charge in [-0.2, -0.15) is 0 Å². The van der Waals surface area contributed by atoms with Crippen LogP contribution in [0.4, 0.5) is 17.1 Å². The standard InChI is InChI=1S/C63H53N.C2H2/c1-5-50(51-32-20-19-23-43(51)2)45-35-37-54-56-41-55(44-24-11-8-12-25-44)61(42-59(56)62(3,4)58(54)39-45)64(48-30-17-10-18-31-48)49-36-38-53-52-33-21-22-34-57(52)63(60(53)40-49,47-28-15-9-16-29-47)46-26-13-6-7-14-27-46;1-2/h5-6,8-20,23-42H,7,21-22H2,1-4H3;1-2H/b50-5-;. The minimum absolute atomic E-state index is 0.252. The van der Waals surface area contributed by atoms with E-state index >= 15 is 0 Å². The summed E-state index contributed by atoms with van der Waals surface area (Å²) >= 11 is 0. The molecule has 0 N–H and O–H groups in total. The first-order chi connectivity index (χ1) is 32.4. The van der Waals surface area contributed by atoms with Gasteiger partial charge in [0, 0.05) is 22.4 Å². The lowest BCUT2D eigenvalue weighted by atomic mass is 9.66. The summed E-state index contributed by atoms with van der Waals surface area (Å²) in [6, 6.07) is 61.5. The highest BCUT2D eigenvalue weighted by Gasteiger charge is 2.49. The molecule has 1 unspecified atom stereocenters. The van der Waals surface area contributed by atoms with Gasteiger partial charge in [0.25, 0.3) is 0 Å². The van der Waals surface area contributed by atoms with Gasteiger partial charge in [0.05, 0.1) is 11.1 Å². The maximum absolute atomic E-state index is 4.00. The number of terminal acetylenes is 1. The Bertz CT molecular complexity index is 3200. The van der Waals surface area contributed by atoms with Crippen LogP contribution in [0.15, 0.2) is 224 Å². The molecule has 0 fully saturated rings. The fraction of sp³-hybridized carbons (Fsp3) is 0.138. The summed E-state index contributed by atoms with van der Waals surface area (Å²) in [7, 11) is 0. The van der Waals surface area contributed by atoms with Gasteiger partial charge in [-0.05, 0) is 159 Å². The van der Waals surface area contributed by atoms with Crippen LogP contribution in [0.3, 0.4) is 0 Å². The third kappa shape index (κ3) is 6.80. The van der Waals surface area contributed by atoms with Crippen molar-refractivity contribution >= 4 is 28.2 Å². The van der Waals surface area contributed by atoms with Crippen LogP contribution in [0.5, 0.6) is 0 Å². The molecule has 7 aromatic rings. The molecule has 0 spiro atoms.